The first kappa shape index (κ1) is 32.3. The molecule has 0 saturated heterocycles. The zero-order chi connectivity index (χ0) is 36.8. The number of amides is 4. The number of carbonyl (C=O) groups excluding carboxylic acids is 4. The third-order valence-corrected chi connectivity index (χ3v) is 9.42. The van der Waals surface area contributed by atoms with Crippen molar-refractivity contribution in [2.24, 2.45) is 0 Å². The first-order valence-electron chi connectivity index (χ1n) is 17.2. The number of nitrogens with zero attached hydrogens (tertiary/aromatic N) is 2. The summed E-state index contributed by atoms with van der Waals surface area (Å²) in [6.07, 6.45) is 5.03. The molecule has 8 nitrogen and oxygen atoms in total. The van der Waals surface area contributed by atoms with Crippen molar-refractivity contribution in [3.63, 3.8) is 0 Å². The minimum atomic E-state index is -0.390. The van der Waals surface area contributed by atoms with Gasteiger partial charge < -0.3 is 9.47 Å². The quantitative estimate of drug-likeness (QED) is 0.116. The molecule has 0 unspecified atom stereocenters. The molecule has 2 aliphatic rings. The van der Waals surface area contributed by atoms with Gasteiger partial charge in [-0.1, -0.05) is 84.9 Å². The second kappa shape index (κ2) is 13.2. The van der Waals surface area contributed by atoms with E-state index in [0.29, 0.717) is 34.4 Å². The van der Waals surface area contributed by atoms with Crippen molar-refractivity contribution in [1.29, 1.82) is 0 Å². The van der Waals surface area contributed by atoms with Gasteiger partial charge in [0.2, 0.25) is 0 Å². The summed E-state index contributed by atoms with van der Waals surface area (Å²) >= 11 is 0. The molecule has 0 spiro atoms. The van der Waals surface area contributed by atoms with E-state index in [-0.39, 0.29) is 0 Å². The second-order valence-electron chi connectivity index (χ2n) is 12.8. The van der Waals surface area contributed by atoms with E-state index >= 15 is 0 Å². The Hall–Kier alpha value is -7.58. The van der Waals surface area contributed by atoms with E-state index < -0.39 is 23.6 Å². The maximum absolute atomic E-state index is 12.3. The summed E-state index contributed by atoms with van der Waals surface area (Å²) < 4.78 is 12.6. The molecule has 2 heterocycles. The van der Waals surface area contributed by atoms with Crippen LogP contribution in [0, 0.1) is 0 Å². The SMILES string of the molecule is O=C1C=CC(=O)N1c1cccc(Oc2cccc(-c3c4ccccc4c(-c4cccc(Oc5cccc(N6C(=O)C=CC6=O)c5)c4)c4ccccc34)c2)c1. The predicted molar refractivity (Wildman–Crippen MR) is 209 cm³/mol. The number of ether oxygens (including phenoxy) is 2. The van der Waals surface area contributed by atoms with E-state index in [1.807, 2.05) is 60.7 Å². The van der Waals surface area contributed by atoms with Gasteiger partial charge in [-0.2, -0.15) is 0 Å². The van der Waals surface area contributed by atoms with Gasteiger partial charge in [0, 0.05) is 36.4 Å². The lowest BCUT2D eigenvalue weighted by Crippen LogP contribution is -2.29. The van der Waals surface area contributed by atoms with E-state index in [4.69, 9.17) is 9.47 Å². The minimum Gasteiger partial charge on any atom is -0.457 e. The fraction of sp³-hybridized carbons (Fsp3) is 0. The fourth-order valence-electron chi connectivity index (χ4n) is 7.13. The molecule has 0 aliphatic carbocycles. The van der Waals surface area contributed by atoms with Gasteiger partial charge in [0.25, 0.3) is 23.6 Å². The number of hydrogen-bond donors (Lipinski definition) is 0. The van der Waals surface area contributed by atoms with Gasteiger partial charge in [0.05, 0.1) is 11.4 Å². The molecule has 0 saturated carbocycles. The van der Waals surface area contributed by atoms with Crippen molar-refractivity contribution in [3.05, 3.63) is 170 Å². The Morgan fingerprint density at radius 2 is 0.648 bits per heavy atom. The van der Waals surface area contributed by atoms with Crippen molar-refractivity contribution >= 4 is 56.5 Å². The number of hydrogen-bond acceptors (Lipinski definition) is 6. The summed E-state index contributed by atoms with van der Waals surface area (Å²) in [6, 6.07) is 46.2. The van der Waals surface area contributed by atoms with Crippen LogP contribution >= 0.6 is 0 Å². The molecule has 7 aromatic rings. The fourth-order valence-corrected chi connectivity index (χ4v) is 7.13. The maximum Gasteiger partial charge on any atom is 0.258 e. The van der Waals surface area contributed by atoms with E-state index in [0.717, 1.165) is 53.6 Å². The summed E-state index contributed by atoms with van der Waals surface area (Å²) in [5.74, 6) is 0.623. The monoisotopic (exact) mass is 704 g/mol. The zero-order valence-corrected chi connectivity index (χ0v) is 28.5. The number of rotatable bonds is 8. The molecule has 0 N–H and O–H groups in total. The molecule has 54 heavy (non-hydrogen) atoms. The average Bonchev–Trinajstić information content (AvgIpc) is 3.71. The van der Waals surface area contributed by atoms with Crippen LogP contribution in [0.2, 0.25) is 0 Å². The van der Waals surface area contributed by atoms with Crippen molar-refractivity contribution in [2.75, 3.05) is 9.80 Å². The molecular weight excluding hydrogens is 677 g/mol. The van der Waals surface area contributed by atoms with Gasteiger partial charge in [0.1, 0.15) is 23.0 Å². The second-order valence-corrected chi connectivity index (χ2v) is 12.8. The van der Waals surface area contributed by atoms with Crippen LogP contribution in [0.25, 0.3) is 43.8 Å². The lowest BCUT2D eigenvalue weighted by atomic mass is 9.86. The van der Waals surface area contributed by atoms with Gasteiger partial charge in [-0.3, -0.25) is 19.2 Å². The van der Waals surface area contributed by atoms with Gasteiger partial charge in [-0.05, 0) is 92.3 Å². The predicted octanol–water partition coefficient (Wildman–Crippen LogP) is 9.77. The molecule has 2 aliphatic heterocycles. The van der Waals surface area contributed by atoms with Crippen LogP contribution in [0.1, 0.15) is 0 Å². The Morgan fingerprint density at radius 1 is 0.333 bits per heavy atom. The molecule has 8 heteroatoms. The molecule has 0 fully saturated rings. The van der Waals surface area contributed by atoms with Crippen LogP contribution in [0.3, 0.4) is 0 Å². The van der Waals surface area contributed by atoms with Crippen LogP contribution in [0.15, 0.2) is 170 Å². The van der Waals surface area contributed by atoms with Crippen LogP contribution < -0.4 is 19.3 Å². The Labute approximate surface area is 309 Å². The molecular formula is C46H28N2O6. The standard InChI is InChI=1S/C46H28N2O6/c49-41-21-22-42(50)47(41)31-11-7-15-35(27-31)53-33-13-5-9-29(25-33)45-37-17-1-2-18-38(37)46(40-20-4-3-19-39(40)45)30-10-6-14-34(26-30)54-36-16-8-12-32(28-36)48-43(51)23-24-44(48)52/h1-28H. The van der Waals surface area contributed by atoms with Crippen LogP contribution in [-0.2, 0) is 19.2 Å². The highest BCUT2D eigenvalue weighted by Gasteiger charge is 2.26. The third-order valence-electron chi connectivity index (χ3n) is 9.42. The summed E-state index contributed by atoms with van der Waals surface area (Å²) in [5.41, 5.74) is 4.89. The zero-order valence-electron chi connectivity index (χ0n) is 28.5. The molecule has 0 radical (unpaired) electrons. The molecule has 0 bridgehead atoms. The van der Waals surface area contributed by atoms with Gasteiger partial charge in [-0.15, -0.1) is 0 Å². The highest BCUT2D eigenvalue weighted by molar-refractivity contribution is 6.29. The van der Waals surface area contributed by atoms with Crippen LogP contribution in [0.4, 0.5) is 11.4 Å². The van der Waals surface area contributed by atoms with Gasteiger partial charge in [0.15, 0.2) is 0 Å². The Kier molecular flexibility index (Phi) is 7.90. The normalized spacial score (nSPS) is 13.9. The lowest BCUT2D eigenvalue weighted by Gasteiger charge is -2.19. The first-order chi connectivity index (χ1) is 26.4. The topological polar surface area (TPSA) is 93.2 Å². The lowest BCUT2D eigenvalue weighted by molar-refractivity contribution is -0.121. The van der Waals surface area contributed by atoms with Crippen molar-refractivity contribution in [3.8, 4) is 45.3 Å². The molecule has 9 rings (SSSR count). The number of benzene rings is 7. The van der Waals surface area contributed by atoms with E-state index in [9.17, 15) is 19.2 Å². The van der Waals surface area contributed by atoms with Crippen molar-refractivity contribution in [1.82, 2.24) is 0 Å². The number of fused-ring (bicyclic) bond motifs is 2. The largest absolute Gasteiger partial charge is 0.457 e. The smallest absolute Gasteiger partial charge is 0.258 e. The molecule has 7 aromatic carbocycles. The summed E-state index contributed by atoms with van der Waals surface area (Å²) in [6.45, 7) is 0. The van der Waals surface area contributed by atoms with Gasteiger partial charge >= 0.3 is 0 Å². The Balaban J connectivity index is 1.09. The van der Waals surface area contributed by atoms with Crippen LogP contribution in [0.5, 0.6) is 23.0 Å². The van der Waals surface area contributed by atoms with E-state index in [2.05, 4.69) is 36.4 Å². The Morgan fingerprint density at radius 3 is 1.00 bits per heavy atom. The highest BCUT2D eigenvalue weighted by Crippen LogP contribution is 2.45. The van der Waals surface area contributed by atoms with Crippen molar-refractivity contribution < 1.29 is 28.7 Å². The van der Waals surface area contributed by atoms with E-state index in [1.54, 1.807) is 48.5 Å². The maximum atomic E-state index is 12.3. The molecule has 4 amide bonds. The molecule has 258 valence electrons. The van der Waals surface area contributed by atoms with E-state index in [1.165, 1.54) is 24.3 Å². The number of carbonyl (C=O) groups is 4. The molecule has 0 aromatic heterocycles. The minimum absolute atomic E-state index is 0.390. The van der Waals surface area contributed by atoms with Crippen LogP contribution in [-0.4, -0.2) is 23.6 Å². The number of anilines is 2. The number of imide groups is 2. The summed E-state index contributed by atoms with van der Waals surface area (Å²) in [5, 5.41) is 4.21. The third kappa shape index (κ3) is 5.78. The Bertz CT molecular complexity index is 2500. The summed E-state index contributed by atoms with van der Waals surface area (Å²) in [7, 11) is 0. The average molecular weight is 705 g/mol. The highest BCUT2D eigenvalue weighted by atomic mass is 16.5. The summed E-state index contributed by atoms with van der Waals surface area (Å²) in [4.78, 5) is 51.4. The molecule has 0 atom stereocenters. The first-order valence-corrected chi connectivity index (χ1v) is 17.2. The van der Waals surface area contributed by atoms with Crippen molar-refractivity contribution in [2.45, 2.75) is 0 Å². The van der Waals surface area contributed by atoms with Gasteiger partial charge in [-0.25, -0.2) is 9.80 Å².